The second-order valence-electron chi connectivity index (χ2n) is 6.35. The summed E-state index contributed by atoms with van der Waals surface area (Å²) in [6.45, 7) is 3.01. The van der Waals surface area contributed by atoms with E-state index in [0.29, 0.717) is 10.0 Å². The van der Waals surface area contributed by atoms with Gasteiger partial charge in [0.1, 0.15) is 0 Å². The van der Waals surface area contributed by atoms with Crippen molar-refractivity contribution < 1.29 is 0 Å². The van der Waals surface area contributed by atoms with E-state index in [9.17, 15) is 0 Å². The molecule has 0 spiro atoms. The number of rotatable bonds is 5. The summed E-state index contributed by atoms with van der Waals surface area (Å²) in [6, 6.07) is 5.76. The molecule has 0 saturated carbocycles. The summed E-state index contributed by atoms with van der Waals surface area (Å²) in [5.74, 6) is 1.79. The van der Waals surface area contributed by atoms with Gasteiger partial charge in [0.15, 0.2) is 11.0 Å². The highest BCUT2D eigenvalue weighted by Crippen LogP contribution is 2.37. The lowest BCUT2D eigenvalue weighted by Crippen LogP contribution is -2.03. The second-order valence-corrected chi connectivity index (χ2v) is 9.07. The lowest BCUT2D eigenvalue weighted by Gasteiger charge is -2.13. The van der Waals surface area contributed by atoms with Crippen molar-refractivity contribution >= 4 is 46.3 Å². The van der Waals surface area contributed by atoms with Crippen LogP contribution in [0.15, 0.2) is 28.7 Å². The van der Waals surface area contributed by atoms with Crippen molar-refractivity contribution in [2.45, 2.75) is 50.1 Å². The molecule has 0 radical (unpaired) electrons. The van der Waals surface area contributed by atoms with Gasteiger partial charge in [-0.05, 0) is 55.9 Å². The monoisotopic (exact) mass is 423 g/mol. The Morgan fingerprint density at radius 1 is 1.15 bits per heavy atom. The normalized spacial score (nSPS) is 13.8. The maximum absolute atomic E-state index is 6.12. The fourth-order valence-electron chi connectivity index (χ4n) is 3.34. The largest absolute Gasteiger partial charge is 0.302 e. The maximum Gasteiger partial charge on any atom is 0.191 e. The van der Waals surface area contributed by atoms with Gasteiger partial charge in [0.25, 0.3) is 0 Å². The zero-order valence-electron chi connectivity index (χ0n) is 14.5. The standard InChI is InChI=1S/C19H19Cl2N3S2/c1-2-24-18(14-11-25-17-6-4-3-5-13(14)17)22-23-19(24)26-10-12-7-8-15(20)16(21)9-12/h7-9,11H,2-6,10H2,1H3. The number of halogens is 2. The van der Waals surface area contributed by atoms with Crippen LogP contribution in [0.1, 0.15) is 35.8 Å². The van der Waals surface area contributed by atoms with Crippen LogP contribution in [0.5, 0.6) is 0 Å². The van der Waals surface area contributed by atoms with Crippen molar-refractivity contribution in [2.75, 3.05) is 0 Å². The summed E-state index contributed by atoms with van der Waals surface area (Å²) in [4.78, 5) is 1.53. The Balaban J connectivity index is 1.59. The molecule has 0 unspecified atom stereocenters. The number of fused-ring (bicyclic) bond motifs is 1. The molecule has 7 heteroatoms. The molecule has 3 aromatic rings. The average Bonchev–Trinajstić information content (AvgIpc) is 3.25. The van der Waals surface area contributed by atoms with Crippen molar-refractivity contribution in [3.63, 3.8) is 0 Å². The maximum atomic E-state index is 6.12. The van der Waals surface area contributed by atoms with Gasteiger partial charge in [-0.25, -0.2) is 0 Å². The highest BCUT2D eigenvalue weighted by atomic mass is 35.5. The van der Waals surface area contributed by atoms with Gasteiger partial charge in [-0.1, -0.05) is 41.0 Å². The number of hydrogen-bond acceptors (Lipinski definition) is 4. The van der Waals surface area contributed by atoms with Gasteiger partial charge in [0, 0.05) is 28.1 Å². The fraction of sp³-hybridized carbons (Fsp3) is 0.368. The molecule has 0 atom stereocenters. The van der Waals surface area contributed by atoms with E-state index in [-0.39, 0.29) is 0 Å². The van der Waals surface area contributed by atoms with E-state index in [4.69, 9.17) is 23.2 Å². The third-order valence-electron chi connectivity index (χ3n) is 4.69. The Bertz CT molecular complexity index is 933. The van der Waals surface area contributed by atoms with Gasteiger partial charge in [-0.15, -0.1) is 21.5 Å². The first-order valence-electron chi connectivity index (χ1n) is 8.77. The summed E-state index contributed by atoms with van der Waals surface area (Å²) in [6.07, 6.45) is 4.95. The molecule has 0 bridgehead atoms. The molecule has 0 aliphatic heterocycles. The van der Waals surface area contributed by atoms with E-state index in [2.05, 4.69) is 27.1 Å². The smallest absolute Gasteiger partial charge is 0.191 e. The SMILES string of the molecule is CCn1c(SCc2ccc(Cl)c(Cl)c2)nnc1-c1csc2c1CCCC2. The van der Waals surface area contributed by atoms with Crippen LogP contribution in [0.25, 0.3) is 11.4 Å². The zero-order chi connectivity index (χ0) is 18.1. The van der Waals surface area contributed by atoms with Gasteiger partial charge in [-0.3, -0.25) is 0 Å². The molecule has 1 aliphatic carbocycles. The molecule has 2 aromatic heterocycles. The van der Waals surface area contributed by atoms with Crippen LogP contribution >= 0.6 is 46.3 Å². The van der Waals surface area contributed by atoms with Crippen LogP contribution in [0.3, 0.4) is 0 Å². The first-order chi connectivity index (χ1) is 12.7. The van der Waals surface area contributed by atoms with E-state index < -0.39 is 0 Å². The Labute approximate surface area is 171 Å². The van der Waals surface area contributed by atoms with E-state index >= 15 is 0 Å². The lowest BCUT2D eigenvalue weighted by molar-refractivity contribution is 0.680. The molecule has 0 amide bonds. The Hall–Kier alpha value is -1.01. The van der Waals surface area contributed by atoms with Crippen LogP contribution in [0, 0.1) is 0 Å². The first kappa shape index (κ1) is 18.4. The average molecular weight is 424 g/mol. The van der Waals surface area contributed by atoms with Crippen LogP contribution in [-0.2, 0) is 25.1 Å². The summed E-state index contributed by atoms with van der Waals surface area (Å²) >= 11 is 15.7. The van der Waals surface area contributed by atoms with Gasteiger partial charge in [0.2, 0.25) is 0 Å². The third kappa shape index (κ3) is 3.55. The molecule has 0 saturated heterocycles. The molecule has 3 nitrogen and oxygen atoms in total. The molecule has 2 heterocycles. The molecular formula is C19H19Cl2N3S2. The van der Waals surface area contributed by atoms with Crippen molar-refractivity contribution in [3.8, 4) is 11.4 Å². The van der Waals surface area contributed by atoms with Crippen molar-refractivity contribution in [2.24, 2.45) is 0 Å². The Morgan fingerprint density at radius 2 is 2.00 bits per heavy atom. The fourth-order valence-corrected chi connectivity index (χ4v) is 5.73. The molecule has 136 valence electrons. The van der Waals surface area contributed by atoms with Gasteiger partial charge < -0.3 is 4.57 Å². The first-order valence-corrected chi connectivity index (χ1v) is 11.4. The minimum absolute atomic E-state index is 0.585. The van der Waals surface area contributed by atoms with Crippen LogP contribution in [0.2, 0.25) is 10.0 Å². The van der Waals surface area contributed by atoms with Gasteiger partial charge in [-0.2, -0.15) is 0 Å². The van der Waals surface area contributed by atoms with Crippen molar-refractivity contribution in [1.82, 2.24) is 14.8 Å². The minimum Gasteiger partial charge on any atom is -0.302 e. The van der Waals surface area contributed by atoms with E-state index in [1.165, 1.54) is 35.3 Å². The summed E-state index contributed by atoms with van der Waals surface area (Å²) < 4.78 is 2.22. The quantitative estimate of drug-likeness (QED) is 0.438. The lowest BCUT2D eigenvalue weighted by atomic mass is 9.96. The van der Waals surface area contributed by atoms with Gasteiger partial charge in [0.05, 0.1) is 10.0 Å². The highest BCUT2D eigenvalue weighted by Gasteiger charge is 2.21. The predicted octanol–water partition coefficient (Wildman–Crippen LogP) is 6.50. The van der Waals surface area contributed by atoms with Gasteiger partial charge >= 0.3 is 0 Å². The highest BCUT2D eigenvalue weighted by molar-refractivity contribution is 7.98. The third-order valence-corrected chi connectivity index (χ3v) is 7.55. The predicted molar refractivity (Wildman–Crippen MR) is 112 cm³/mol. The Morgan fingerprint density at radius 3 is 2.81 bits per heavy atom. The van der Waals surface area contributed by atoms with Crippen molar-refractivity contribution in [3.05, 3.63) is 49.6 Å². The molecule has 1 aliphatic rings. The van der Waals surface area contributed by atoms with Crippen LogP contribution < -0.4 is 0 Å². The van der Waals surface area contributed by atoms with Crippen molar-refractivity contribution in [1.29, 1.82) is 0 Å². The number of hydrogen-bond donors (Lipinski definition) is 0. The minimum atomic E-state index is 0.585. The Kier molecular flexibility index (Phi) is 5.60. The number of aryl methyl sites for hydroxylation is 1. The number of aromatic nitrogens is 3. The molecule has 0 N–H and O–H groups in total. The molecule has 1 aromatic carbocycles. The van der Waals surface area contributed by atoms with Crippen LogP contribution in [-0.4, -0.2) is 14.8 Å². The summed E-state index contributed by atoms with van der Waals surface area (Å²) in [5.41, 5.74) is 3.90. The molecular weight excluding hydrogens is 405 g/mol. The molecule has 0 fully saturated rings. The number of nitrogens with zero attached hydrogens (tertiary/aromatic N) is 3. The second kappa shape index (κ2) is 7.93. The topological polar surface area (TPSA) is 30.7 Å². The molecule has 26 heavy (non-hydrogen) atoms. The summed E-state index contributed by atoms with van der Waals surface area (Å²) in [7, 11) is 0. The number of benzene rings is 1. The summed E-state index contributed by atoms with van der Waals surface area (Å²) in [5, 5.41) is 13.4. The van der Waals surface area contributed by atoms with Crippen LogP contribution in [0.4, 0.5) is 0 Å². The van der Waals surface area contributed by atoms with E-state index in [1.54, 1.807) is 11.8 Å². The van der Waals surface area contributed by atoms with E-state index in [0.717, 1.165) is 35.3 Å². The number of thioether (sulfide) groups is 1. The number of thiophene rings is 1. The van der Waals surface area contributed by atoms with E-state index in [1.807, 2.05) is 29.5 Å². The zero-order valence-corrected chi connectivity index (χ0v) is 17.6. The molecule has 4 rings (SSSR count).